The lowest BCUT2D eigenvalue weighted by Gasteiger charge is -2.23. The number of ether oxygens (including phenoxy) is 1. The number of phenols is 1. The molecule has 6 heteroatoms. The Morgan fingerprint density at radius 1 is 1.22 bits per heavy atom. The van der Waals surface area contributed by atoms with Crippen LogP contribution in [0.25, 0.3) is 11.1 Å². The van der Waals surface area contributed by atoms with Crippen LogP contribution >= 0.6 is 0 Å². The van der Waals surface area contributed by atoms with Gasteiger partial charge in [0.25, 0.3) is 0 Å². The highest BCUT2D eigenvalue weighted by Gasteiger charge is 2.31. The van der Waals surface area contributed by atoms with Crippen LogP contribution in [0.3, 0.4) is 0 Å². The molecule has 0 amide bonds. The SMILES string of the molecule is C=COc1cc(-c2cncc(C(F)(F)F)c2)cc(O)c1C1C=C(C)CCC1. The minimum Gasteiger partial charge on any atom is -0.507 e. The minimum absolute atomic E-state index is 0.0117. The molecule has 1 atom stereocenters. The molecule has 1 aromatic carbocycles. The molecule has 0 saturated carbocycles. The summed E-state index contributed by atoms with van der Waals surface area (Å²) in [5.41, 5.74) is 1.65. The first-order chi connectivity index (χ1) is 12.8. The smallest absolute Gasteiger partial charge is 0.417 e. The first-order valence-electron chi connectivity index (χ1n) is 8.64. The van der Waals surface area contributed by atoms with Crippen molar-refractivity contribution in [2.75, 3.05) is 0 Å². The average molecular weight is 375 g/mol. The summed E-state index contributed by atoms with van der Waals surface area (Å²) in [4.78, 5) is 3.68. The molecule has 0 radical (unpaired) electrons. The third-order valence-electron chi connectivity index (χ3n) is 4.67. The first kappa shape index (κ1) is 19.0. The molecule has 1 unspecified atom stereocenters. The molecule has 3 nitrogen and oxygen atoms in total. The number of pyridine rings is 1. The van der Waals surface area contributed by atoms with Gasteiger partial charge in [-0.25, -0.2) is 0 Å². The topological polar surface area (TPSA) is 42.4 Å². The van der Waals surface area contributed by atoms with E-state index in [4.69, 9.17) is 4.74 Å². The molecule has 3 rings (SSSR count). The summed E-state index contributed by atoms with van der Waals surface area (Å²) < 4.78 is 44.4. The fraction of sp³-hybridized carbons (Fsp3) is 0.286. The van der Waals surface area contributed by atoms with Crippen LogP contribution in [0, 0.1) is 0 Å². The van der Waals surface area contributed by atoms with Gasteiger partial charge in [0.05, 0.1) is 11.8 Å². The summed E-state index contributed by atoms with van der Waals surface area (Å²) in [5.74, 6) is 0.355. The molecule has 0 saturated heterocycles. The number of aromatic nitrogens is 1. The van der Waals surface area contributed by atoms with Crippen LogP contribution < -0.4 is 4.74 Å². The van der Waals surface area contributed by atoms with E-state index in [2.05, 4.69) is 17.6 Å². The third-order valence-corrected chi connectivity index (χ3v) is 4.67. The summed E-state index contributed by atoms with van der Waals surface area (Å²) in [6.07, 6.45) is 3.83. The van der Waals surface area contributed by atoms with Crippen LogP contribution in [0.15, 0.2) is 55.1 Å². The van der Waals surface area contributed by atoms with E-state index in [1.165, 1.54) is 24.1 Å². The number of benzene rings is 1. The van der Waals surface area contributed by atoms with Gasteiger partial charge in [0.15, 0.2) is 0 Å². The number of hydrogen-bond acceptors (Lipinski definition) is 3. The van der Waals surface area contributed by atoms with E-state index in [1.807, 2.05) is 6.92 Å². The molecule has 0 fully saturated rings. The first-order valence-corrected chi connectivity index (χ1v) is 8.64. The zero-order valence-corrected chi connectivity index (χ0v) is 14.9. The monoisotopic (exact) mass is 375 g/mol. The molecule has 0 bridgehead atoms. The number of aromatic hydroxyl groups is 1. The van der Waals surface area contributed by atoms with Crippen LogP contribution in [0.5, 0.6) is 11.5 Å². The van der Waals surface area contributed by atoms with Crippen molar-refractivity contribution in [1.29, 1.82) is 0 Å². The third kappa shape index (κ3) is 4.15. The lowest BCUT2D eigenvalue weighted by Crippen LogP contribution is -2.06. The summed E-state index contributed by atoms with van der Waals surface area (Å²) in [6.45, 7) is 5.60. The van der Waals surface area contributed by atoms with Gasteiger partial charge in [-0.2, -0.15) is 13.2 Å². The fourth-order valence-electron chi connectivity index (χ4n) is 3.43. The Hall–Kier alpha value is -2.76. The molecule has 1 heterocycles. The van der Waals surface area contributed by atoms with E-state index in [-0.39, 0.29) is 17.2 Å². The number of halogens is 3. The van der Waals surface area contributed by atoms with Crippen molar-refractivity contribution in [2.45, 2.75) is 38.3 Å². The molecule has 0 aliphatic heterocycles. The molecule has 142 valence electrons. The minimum atomic E-state index is -4.49. The van der Waals surface area contributed by atoms with Crippen LogP contribution in [-0.4, -0.2) is 10.1 Å². The maximum Gasteiger partial charge on any atom is 0.417 e. The van der Waals surface area contributed by atoms with E-state index in [1.54, 1.807) is 6.07 Å². The van der Waals surface area contributed by atoms with Gasteiger partial charge in [0.1, 0.15) is 11.5 Å². The Kier molecular flexibility index (Phi) is 5.26. The van der Waals surface area contributed by atoms with Crippen molar-refractivity contribution >= 4 is 0 Å². The van der Waals surface area contributed by atoms with Gasteiger partial charge in [-0.05, 0) is 49.9 Å². The summed E-state index contributed by atoms with van der Waals surface area (Å²) in [6, 6.07) is 4.08. The lowest BCUT2D eigenvalue weighted by atomic mass is 9.84. The van der Waals surface area contributed by atoms with Crippen molar-refractivity contribution in [2.24, 2.45) is 0 Å². The highest BCUT2D eigenvalue weighted by atomic mass is 19.4. The van der Waals surface area contributed by atoms with Gasteiger partial charge >= 0.3 is 6.18 Å². The van der Waals surface area contributed by atoms with Crippen molar-refractivity contribution < 1.29 is 23.0 Å². The average Bonchev–Trinajstić information content (AvgIpc) is 2.61. The highest BCUT2D eigenvalue weighted by molar-refractivity contribution is 5.70. The van der Waals surface area contributed by atoms with Crippen LogP contribution in [0.1, 0.15) is 43.2 Å². The Labute approximate surface area is 155 Å². The van der Waals surface area contributed by atoms with E-state index >= 15 is 0 Å². The maximum atomic E-state index is 13.0. The number of nitrogens with zero attached hydrogens (tertiary/aromatic N) is 1. The van der Waals surface area contributed by atoms with Crippen LogP contribution in [0.2, 0.25) is 0 Å². The maximum absolute atomic E-state index is 13.0. The number of phenolic OH excluding ortho intramolecular Hbond substituents is 1. The standard InChI is InChI=1S/C21H20F3NO2/c1-3-27-19-10-15(16-8-17(12-25-11-16)21(22,23)24)9-18(26)20(19)14-6-4-5-13(2)7-14/h3,7-12,14,26H,1,4-6H2,2H3. The second kappa shape index (κ2) is 7.47. The van der Waals surface area contributed by atoms with E-state index in [9.17, 15) is 18.3 Å². The molecule has 2 aromatic rings. The summed E-state index contributed by atoms with van der Waals surface area (Å²) >= 11 is 0. The van der Waals surface area contributed by atoms with Gasteiger partial charge in [-0.3, -0.25) is 4.98 Å². The zero-order valence-electron chi connectivity index (χ0n) is 14.9. The molecule has 1 aliphatic rings. The lowest BCUT2D eigenvalue weighted by molar-refractivity contribution is -0.137. The zero-order chi connectivity index (χ0) is 19.6. The van der Waals surface area contributed by atoms with Gasteiger partial charge in [0.2, 0.25) is 0 Å². The molecule has 27 heavy (non-hydrogen) atoms. The van der Waals surface area contributed by atoms with E-state index in [0.717, 1.165) is 31.5 Å². The Bertz CT molecular complexity index is 887. The Morgan fingerprint density at radius 3 is 2.67 bits per heavy atom. The molecular weight excluding hydrogens is 355 g/mol. The van der Waals surface area contributed by atoms with Crippen molar-refractivity contribution in [1.82, 2.24) is 4.98 Å². The number of hydrogen-bond donors (Lipinski definition) is 1. The molecule has 0 spiro atoms. The van der Waals surface area contributed by atoms with Gasteiger partial charge in [0, 0.05) is 29.4 Å². The Morgan fingerprint density at radius 2 is 2.00 bits per heavy atom. The summed E-state index contributed by atoms with van der Waals surface area (Å²) in [5, 5.41) is 10.6. The van der Waals surface area contributed by atoms with Crippen molar-refractivity contribution in [3.63, 3.8) is 0 Å². The van der Waals surface area contributed by atoms with Gasteiger partial charge in [-0.15, -0.1) is 0 Å². The second-order valence-corrected chi connectivity index (χ2v) is 6.66. The predicted molar refractivity (Wildman–Crippen MR) is 97.5 cm³/mol. The predicted octanol–water partition coefficient (Wildman–Crippen LogP) is 6.21. The van der Waals surface area contributed by atoms with Crippen molar-refractivity contribution in [3.05, 3.63) is 66.2 Å². The molecular formula is C21H20F3NO2. The normalized spacial score (nSPS) is 17.3. The highest BCUT2D eigenvalue weighted by Crippen LogP contribution is 2.44. The summed E-state index contributed by atoms with van der Waals surface area (Å²) in [7, 11) is 0. The number of allylic oxidation sites excluding steroid dienone is 2. The Balaban J connectivity index is 2.09. The van der Waals surface area contributed by atoms with Crippen molar-refractivity contribution in [3.8, 4) is 22.6 Å². The molecule has 1 N–H and O–H groups in total. The van der Waals surface area contributed by atoms with Crippen LogP contribution in [-0.2, 0) is 6.18 Å². The van der Waals surface area contributed by atoms with E-state index in [0.29, 0.717) is 16.9 Å². The van der Waals surface area contributed by atoms with Crippen LogP contribution in [0.4, 0.5) is 13.2 Å². The fourth-order valence-corrected chi connectivity index (χ4v) is 3.43. The van der Waals surface area contributed by atoms with Gasteiger partial charge < -0.3 is 9.84 Å². The molecule has 1 aliphatic carbocycles. The number of rotatable bonds is 4. The number of alkyl halides is 3. The largest absolute Gasteiger partial charge is 0.507 e. The van der Waals surface area contributed by atoms with Gasteiger partial charge in [-0.1, -0.05) is 18.2 Å². The second-order valence-electron chi connectivity index (χ2n) is 6.66. The van der Waals surface area contributed by atoms with E-state index < -0.39 is 11.7 Å². The quantitative estimate of drug-likeness (QED) is 0.510. The molecule has 1 aromatic heterocycles.